The number of nitrogens with zero attached hydrogens (tertiary/aromatic N) is 3. The predicted molar refractivity (Wildman–Crippen MR) is 108 cm³/mol. The number of ether oxygens (including phenoxy) is 1. The summed E-state index contributed by atoms with van der Waals surface area (Å²) in [6, 6.07) is 8.59. The van der Waals surface area contributed by atoms with Crippen molar-refractivity contribution in [3.63, 3.8) is 0 Å². The fourth-order valence-electron chi connectivity index (χ4n) is 2.40. The van der Waals surface area contributed by atoms with E-state index >= 15 is 0 Å². The van der Waals surface area contributed by atoms with Gasteiger partial charge in [-0.15, -0.1) is 10.2 Å². The Bertz CT molecular complexity index is 946. The molecule has 0 saturated heterocycles. The second-order valence-electron chi connectivity index (χ2n) is 5.88. The SMILES string of the molecule is CC(Oc1cc(Cl)ccc1Cl)c1nnc(SCC(=O)NCc2ccco2)n1C. The molecule has 3 aromatic rings. The molecule has 3 rings (SSSR count). The second kappa shape index (κ2) is 9.36. The molecule has 0 aliphatic heterocycles. The van der Waals surface area contributed by atoms with Gasteiger partial charge in [0.15, 0.2) is 17.1 Å². The summed E-state index contributed by atoms with van der Waals surface area (Å²) in [5, 5.41) is 12.7. The standard InChI is InChI=1S/C18H18Cl2N4O3S/c1-11(27-15-8-12(19)5-6-14(15)20)17-22-23-18(24(17)2)28-10-16(25)21-9-13-4-3-7-26-13/h3-8,11H,9-10H2,1-2H3,(H,21,25). The van der Waals surface area contributed by atoms with Crippen molar-refractivity contribution in [1.82, 2.24) is 20.1 Å². The Hall–Kier alpha value is -2.16. The number of hydrogen-bond acceptors (Lipinski definition) is 6. The van der Waals surface area contributed by atoms with Gasteiger partial charge in [0.25, 0.3) is 0 Å². The Morgan fingerprint density at radius 1 is 1.36 bits per heavy atom. The van der Waals surface area contributed by atoms with E-state index in [4.69, 9.17) is 32.4 Å². The summed E-state index contributed by atoms with van der Waals surface area (Å²) < 4.78 is 12.8. The Morgan fingerprint density at radius 3 is 2.93 bits per heavy atom. The van der Waals surface area contributed by atoms with Gasteiger partial charge < -0.3 is 19.0 Å². The minimum Gasteiger partial charge on any atom is -0.481 e. The Morgan fingerprint density at radius 2 is 2.18 bits per heavy atom. The maximum Gasteiger partial charge on any atom is 0.230 e. The number of carbonyl (C=O) groups excluding carboxylic acids is 1. The summed E-state index contributed by atoms with van der Waals surface area (Å²) in [4.78, 5) is 12.0. The molecular weight excluding hydrogens is 423 g/mol. The number of furan rings is 1. The molecule has 1 atom stereocenters. The van der Waals surface area contributed by atoms with Gasteiger partial charge in [0.1, 0.15) is 11.5 Å². The lowest BCUT2D eigenvalue weighted by molar-refractivity contribution is -0.118. The number of aromatic nitrogens is 3. The fourth-order valence-corrected chi connectivity index (χ4v) is 3.47. The van der Waals surface area contributed by atoms with Gasteiger partial charge >= 0.3 is 0 Å². The minimum atomic E-state index is -0.407. The van der Waals surface area contributed by atoms with E-state index < -0.39 is 6.10 Å². The van der Waals surface area contributed by atoms with Crippen molar-refractivity contribution in [2.24, 2.45) is 7.05 Å². The van der Waals surface area contributed by atoms with Crippen LogP contribution in [0.2, 0.25) is 10.0 Å². The quantitative estimate of drug-likeness (QED) is 0.526. The average Bonchev–Trinajstić information content (AvgIpc) is 3.31. The molecule has 1 N–H and O–H groups in total. The average molecular weight is 441 g/mol. The van der Waals surface area contributed by atoms with Gasteiger partial charge in [0.05, 0.1) is 23.6 Å². The molecule has 0 fully saturated rings. The molecule has 10 heteroatoms. The van der Waals surface area contributed by atoms with Crippen molar-refractivity contribution in [3.8, 4) is 5.75 Å². The van der Waals surface area contributed by atoms with Crippen LogP contribution in [-0.2, 0) is 18.4 Å². The molecule has 0 aliphatic carbocycles. The van der Waals surface area contributed by atoms with Crippen LogP contribution in [-0.4, -0.2) is 26.4 Å². The zero-order chi connectivity index (χ0) is 20.1. The topological polar surface area (TPSA) is 82.2 Å². The lowest BCUT2D eigenvalue weighted by Crippen LogP contribution is -2.24. The van der Waals surface area contributed by atoms with Crippen LogP contribution < -0.4 is 10.1 Å². The molecule has 28 heavy (non-hydrogen) atoms. The number of hydrogen-bond donors (Lipinski definition) is 1. The smallest absolute Gasteiger partial charge is 0.230 e. The summed E-state index contributed by atoms with van der Waals surface area (Å²) in [5.41, 5.74) is 0. The van der Waals surface area contributed by atoms with E-state index in [0.29, 0.717) is 39.1 Å². The number of amides is 1. The van der Waals surface area contributed by atoms with E-state index in [0.717, 1.165) is 0 Å². The highest BCUT2D eigenvalue weighted by molar-refractivity contribution is 7.99. The third-order valence-corrected chi connectivity index (χ3v) is 5.37. The van der Waals surface area contributed by atoms with Crippen LogP contribution >= 0.6 is 35.0 Å². The number of carbonyl (C=O) groups is 1. The van der Waals surface area contributed by atoms with Crippen molar-refractivity contribution >= 4 is 40.9 Å². The number of halogens is 2. The number of thioether (sulfide) groups is 1. The molecule has 1 aromatic carbocycles. The Balaban J connectivity index is 1.56. The third-order valence-electron chi connectivity index (χ3n) is 3.80. The molecule has 0 radical (unpaired) electrons. The van der Waals surface area contributed by atoms with Gasteiger partial charge in [-0.05, 0) is 31.2 Å². The molecule has 2 aromatic heterocycles. The summed E-state index contributed by atoms with van der Waals surface area (Å²) >= 11 is 13.4. The van der Waals surface area contributed by atoms with E-state index in [1.807, 2.05) is 14.0 Å². The molecule has 1 unspecified atom stereocenters. The summed E-state index contributed by atoms with van der Waals surface area (Å²) in [7, 11) is 1.82. The maximum absolute atomic E-state index is 12.0. The molecule has 0 spiro atoms. The van der Waals surface area contributed by atoms with Gasteiger partial charge in [-0.2, -0.15) is 0 Å². The first-order valence-electron chi connectivity index (χ1n) is 8.37. The van der Waals surface area contributed by atoms with Gasteiger partial charge in [-0.1, -0.05) is 35.0 Å². The lowest BCUT2D eigenvalue weighted by atomic mass is 10.3. The van der Waals surface area contributed by atoms with Crippen molar-refractivity contribution < 1.29 is 13.9 Å². The molecule has 7 nitrogen and oxygen atoms in total. The van der Waals surface area contributed by atoms with E-state index in [2.05, 4.69) is 15.5 Å². The lowest BCUT2D eigenvalue weighted by Gasteiger charge is -2.15. The Kier molecular flexibility index (Phi) is 6.88. The number of benzene rings is 1. The molecule has 148 valence electrons. The van der Waals surface area contributed by atoms with Crippen molar-refractivity contribution in [2.45, 2.75) is 24.7 Å². The van der Waals surface area contributed by atoms with E-state index in [1.165, 1.54) is 11.8 Å². The highest BCUT2D eigenvalue weighted by atomic mass is 35.5. The van der Waals surface area contributed by atoms with Gasteiger partial charge in [-0.25, -0.2) is 0 Å². The van der Waals surface area contributed by atoms with Gasteiger partial charge in [0.2, 0.25) is 5.91 Å². The van der Waals surface area contributed by atoms with Gasteiger partial charge in [-0.3, -0.25) is 4.79 Å². The highest BCUT2D eigenvalue weighted by Crippen LogP contribution is 2.31. The third kappa shape index (κ3) is 5.21. The van der Waals surface area contributed by atoms with Crippen molar-refractivity contribution in [2.75, 3.05) is 5.75 Å². The minimum absolute atomic E-state index is 0.124. The zero-order valence-electron chi connectivity index (χ0n) is 15.2. The molecule has 1 amide bonds. The summed E-state index contributed by atoms with van der Waals surface area (Å²) in [6.07, 6.45) is 1.16. The molecule has 0 aliphatic rings. The maximum atomic E-state index is 12.0. The van der Waals surface area contributed by atoms with E-state index in [-0.39, 0.29) is 11.7 Å². The van der Waals surface area contributed by atoms with E-state index in [9.17, 15) is 4.79 Å². The number of nitrogens with one attached hydrogen (secondary N) is 1. The highest BCUT2D eigenvalue weighted by Gasteiger charge is 2.19. The monoisotopic (exact) mass is 440 g/mol. The normalized spacial score (nSPS) is 12.0. The number of rotatable bonds is 8. The molecule has 0 bridgehead atoms. The van der Waals surface area contributed by atoms with Crippen molar-refractivity contribution in [1.29, 1.82) is 0 Å². The van der Waals surface area contributed by atoms with Crippen LogP contribution in [0.4, 0.5) is 0 Å². The van der Waals surface area contributed by atoms with Gasteiger partial charge in [0, 0.05) is 18.1 Å². The molecule has 2 heterocycles. The first kappa shape index (κ1) is 20.6. The van der Waals surface area contributed by atoms with Crippen LogP contribution in [0.1, 0.15) is 24.6 Å². The van der Waals surface area contributed by atoms with Crippen LogP contribution in [0.25, 0.3) is 0 Å². The summed E-state index contributed by atoms with van der Waals surface area (Å²) in [5.74, 6) is 1.86. The summed E-state index contributed by atoms with van der Waals surface area (Å²) in [6.45, 7) is 2.19. The molecule has 0 saturated carbocycles. The van der Waals surface area contributed by atoms with E-state index in [1.54, 1.807) is 41.2 Å². The second-order valence-corrected chi connectivity index (χ2v) is 7.67. The Labute approximate surface area is 176 Å². The van der Waals surface area contributed by atoms with Crippen LogP contribution in [0, 0.1) is 0 Å². The van der Waals surface area contributed by atoms with Crippen molar-refractivity contribution in [3.05, 3.63) is 58.2 Å². The first-order valence-corrected chi connectivity index (χ1v) is 10.1. The molecular formula is C18H18Cl2N4O3S. The van der Waals surface area contributed by atoms with Crippen LogP contribution in [0.5, 0.6) is 5.75 Å². The first-order chi connectivity index (χ1) is 13.4. The van der Waals surface area contributed by atoms with Crippen LogP contribution in [0.15, 0.2) is 46.2 Å². The largest absolute Gasteiger partial charge is 0.481 e. The predicted octanol–water partition coefficient (Wildman–Crippen LogP) is 4.26. The zero-order valence-corrected chi connectivity index (χ0v) is 17.5. The fraction of sp³-hybridized carbons (Fsp3) is 0.278. The van der Waals surface area contributed by atoms with Crippen LogP contribution in [0.3, 0.4) is 0 Å².